The summed E-state index contributed by atoms with van der Waals surface area (Å²) in [7, 11) is 0. The van der Waals surface area contributed by atoms with E-state index in [-0.39, 0.29) is 18.3 Å². The highest BCUT2D eigenvalue weighted by Crippen LogP contribution is 2.37. The molecule has 0 atom stereocenters. The van der Waals surface area contributed by atoms with E-state index in [0.29, 0.717) is 36.9 Å². The van der Waals surface area contributed by atoms with Crippen molar-refractivity contribution in [1.82, 2.24) is 5.32 Å². The lowest BCUT2D eigenvalue weighted by atomic mass is 10.2. The second-order valence-corrected chi connectivity index (χ2v) is 4.95. The first kappa shape index (κ1) is 14.9. The van der Waals surface area contributed by atoms with Gasteiger partial charge in [0.25, 0.3) is 0 Å². The molecule has 1 aliphatic heterocycles. The predicted molar refractivity (Wildman–Crippen MR) is 78.9 cm³/mol. The molecule has 0 bridgehead atoms. The van der Waals surface area contributed by atoms with E-state index in [1.807, 2.05) is 18.2 Å². The number of nitrogens with one attached hydrogen (secondary N) is 2. The maximum atomic E-state index is 11.8. The highest BCUT2D eigenvalue weighted by atomic mass is 35.5. The number of para-hydroxylation sites is 1. The van der Waals surface area contributed by atoms with Crippen molar-refractivity contribution in [2.24, 2.45) is 5.92 Å². The van der Waals surface area contributed by atoms with Gasteiger partial charge < -0.3 is 20.1 Å². The van der Waals surface area contributed by atoms with E-state index in [2.05, 4.69) is 10.6 Å². The molecule has 2 aliphatic rings. The van der Waals surface area contributed by atoms with Gasteiger partial charge in [-0.05, 0) is 37.4 Å². The standard InChI is InChI=1S/C14H18N2O3.ClH/c17-13(9-15-8-10-4-5-10)16-11-2-1-3-12-14(11)19-7-6-18-12;/h1-3,10,15H,4-9H2,(H,16,17);1H. The van der Waals surface area contributed by atoms with Crippen LogP contribution in [0.2, 0.25) is 0 Å². The van der Waals surface area contributed by atoms with Gasteiger partial charge >= 0.3 is 0 Å². The molecule has 0 unspecified atom stereocenters. The van der Waals surface area contributed by atoms with Crippen molar-refractivity contribution >= 4 is 24.0 Å². The smallest absolute Gasteiger partial charge is 0.238 e. The van der Waals surface area contributed by atoms with Gasteiger partial charge in [-0.3, -0.25) is 4.79 Å². The number of ether oxygens (including phenoxy) is 2. The summed E-state index contributed by atoms with van der Waals surface area (Å²) in [5, 5.41) is 6.02. The van der Waals surface area contributed by atoms with Gasteiger partial charge in [-0.2, -0.15) is 0 Å². The third-order valence-electron chi connectivity index (χ3n) is 3.26. The summed E-state index contributed by atoms with van der Waals surface area (Å²) in [4.78, 5) is 11.8. The van der Waals surface area contributed by atoms with Gasteiger partial charge in [-0.15, -0.1) is 12.4 Å². The number of hydrogen-bond acceptors (Lipinski definition) is 4. The minimum absolute atomic E-state index is 0. The van der Waals surface area contributed by atoms with Crippen molar-refractivity contribution in [3.05, 3.63) is 18.2 Å². The first-order chi connectivity index (χ1) is 9.33. The maximum Gasteiger partial charge on any atom is 0.238 e. The first-order valence-electron chi connectivity index (χ1n) is 6.72. The number of amides is 1. The van der Waals surface area contributed by atoms with Crippen LogP contribution in [0.3, 0.4) is 0 Å². The zero-order valence-electron chi connectivity index (χ0n) is 11.2. The summed E-state index contributed by atoms with van der Waals surface area (Å²) in [6, 6.07) is 5.52. The van der Waals surface area contributed by atoms with Crippen LogP contribution in [-0.2, 0) is 4.79 Å². The Labute approximate surface area is 124 Å². The van der Waals surface area contributed by atoms with Gasteiger partial charge in [0.2, 0.25) is 5.91 Å². The summed E-state index contributed by atoms with van der Waals surface area (Å²) in [6.07, 6.45) is 2.57. The van der Waals surface area contributed by atoms with E-state index in [4.69, 9.17) is 9.47 Å². The molecule has 1 fully saturated rings. The highest BCUT2D eigenvalue weighted by molar-refractivity contribution is 5.94. The van der Waals surface area contributed by atoms with Crippen LogP contribution in [0.5, 0.6) is 11.5 Å². The number of halogens is 1. The average Bonchev–Trinajstić information content (AvgIpc) is 3.23. The summed E-state index contributed by atoms with van der Waals surface area (Å²) >= 11 is 0. The first-order valence-corrected chi connectivity index (χ1v) is 6.72. The second kappa shape index (κ2) is 6.81. The average molecular weight is 299 g/mol. The Morgan fingerprint density at radius 3 is 2.85 bits per heavy atom. The van der Waals surface area contributed by atoms with E-state index in [1.54, 1.807) is 0 Å². The van der Waals surface area contributed by atoms with Crippen molar-refractivity contribution in [2.75, 3.05) is 31.6 Å². The molecule has 2 N–H and O–H groups in total. The number of benzene rings is 1. The van der Waals surface area contributed by atoms with Crippen LogP contribution in [0, 0.1) is 5.92 Å². The number of rotatable bonds is 5. The van der Waals surface area contributed by atoms with Crippen molar-refractivity contribution in [3.63, 3.8) is 0 Å². The lowest BCUT2D eigenvalue weighted by Gasteiger charge is -2.21. The van der Waals surface area contributed by atoms with Crippen molar-refractivity contribution in [2.45, 2.75) is 12.8 Å². The van der Waals surface area contributed by atoms with E-state index in [9.17, 15) is 4.79 Å². The number of fused-ring (bicyclic) bond motifs is 1. The van der Waals surface area contributed by atoms with Crippen LogP contribution < -0.4 is 20.1 Å². The number of anilines is 1. The molecule has 0 spiro atoms. The Bertz CT molecular complexity index is 477. The highest BCUT2D eigenvalue weighted by Gasteiger charge is 2.21. The summed E-state index contributed by atoms with van der Waals surface area (Å²) < 4.78 is 11.0. The van der Waals surface area contributed by atoms with Crippen LogP contribution in [0.25, 0.3) is 0 Å². The lowest BCUT2D eigenvalue weighted by molar-refractivity contribution is -0.115. The molecular formula is C14H19ClN2O3. The molecular weight excluding hydrogens is 280 g/mol. The Balaban J connectivity index is 0.00000147. The largest absolute Gasteiger partial charge is 0.486 e. The Morgan fingerprint density at radius 1 is 1.25 bits per heavy atom. The molecule has 0 saturated heterocycles. The molecule has 1 aliphatic carbocycles. The maximum absolute atomic E-state index is 11.8. The molecule has 0 radical (unpaired) electrons. The topological polar surface area (TPSA) is 59.6 Å². The molecule has 110 valence electrons. The third-order valence-corrected chi connectivity index (χ3v) is 3.26. The Kier molecular flexibility index (Phi) is 5.09. The Morgan fingerprint density at radius 2 is 2.05 bits per heavy atom. The van der Waals surface area contributed by atoms with E-state index >= 15 is 0 Å². The molecule has 0 aromatic heterocycles. The van der Waals surface area contributed by atoms with Crippen molar-refractivity contribution < 1.29 is 14.3 Å². The molecule has 1 aromatic rings. The fourth-order valence-electron chi connectivity index (χ4n) is 2.08. The van der Waals surface area contributed by atoms with Gasteiger partial charge in [-0.25, -0.2) is 0 Å². The SMILES string of the molecule is Cl.O=C(CNCC1CC1)Nc1cccc2c1OCCO2. The lowest BCUT2D eigenvalue weighted by Crippen LogP contribution is -2.29. The second-order valence-electron chi connectivity index (χ2n) is 4.95. The van der Waals surface area contributed by atoms with Crippen LogP contribution in [0.4, 0.5) is 5.69 Å². The van der Waals surface area contributed by atoms with Gasteiger partial charge in [0, 0.05) is 0 Å². The minimum Gasteiger partial charge on any atom is -0.486 e. The third kappa shape index (κ3) is 3.77. The van der Waals surface area contributed by atoms with Crippen LogP contribution in [0.1, 0.15) is 12.8 Å². The molecule has 3 rings (SSSR count). The molecule has 20 heavy (non-hydrogen) atoms. The number of carbonyl (C=O) groups excluding carboxylic acids is 1. The molecule has 1 heterocycles. The van der Waals surface area contributed by atoms with Crippen molar-refractivity contribution in [1.29, 1.82) is 0 Å². The van der Waals surface area contributed by atoms with Gasteiger partial charge in [0.05, 0.1) is 12.2 Å². The quantitative estimate of drug-likeness (QED) is 0.870. The fraction of sp³-hybridized carbons (Fsp3) is 0.500. The Hall–Kier alpha value is -1.46. The number of carbonyl (C=O) groups is 1. The van der Waals surface area contributed by atoms with E-state index in [1.165, 1.54) is 12.8 Å². The zero-order valence-corrected chi connectivity index (χ0v) is 12.0. The minimum atomic E-state index is -0.0526. The van der Waals surface area contributed by atoms with Gasteiger partial charge in [0.15, 0.2) is 11.5 Å². The summed E-state index contributed by atoms with van der Waals surface area (Å²) in [5.41, 5.74) is 0.676. The molecule has 6 heteroatoms. The van der Waals surface area contributed by atoms with Crippen LogP contribution in [0.15, 0.2) is 18.2 Å². The summed E-state index contributed by atoms with van der Waals surface area (Å²) in [5.74, 6) is 2.04. The van der Waals surface area contributed by atoms with Gasteiger partial charge in [0.1, 0.15) is 13.2 Å². The zero-order chi connectivity index (χ0) is 13.1. The normalized spacial score (nSPS) is 16.2. The van der Waals surface area contributed by atoms with Gasteiger partial charge in [-0.1, -0.05) is 6.07 Å². The van der Waals surface area contributed by atoms with E-state index < -0.39 is 0 Å². The summed E-state index contributed by atoms with van der Waals surface area (Å²) in [6.45, 7) is 2.33. The molecule has 1 saturated carbocycles. The van der Waals surface area contributed by atoms with Crippen molar-refractivity contribution in [3.8, 4) is 11.5 Å². The molecule has 1 amide bonds. The molecule has 5 nitrogen and oxygen atoms in total. The fourth-order valence-corrected chi connectivity index (χ4v) is 2.08. The monoisotopic (exact) mass is 298 g/mol. The van der Waals surface area contributed by atoms with Crippen LogP contribution in [-0.4, -0.2) is 32.2 Å². The van der Waals surface area contributed by atoms with Crippen LogP contribution >= 0.6 is 12.4 Å². The predicted octanol–water partition coefficient (Wildman–Crippen LogP) is 1.82. The molecule has 1 aromatic carbocycles. The van der Waals surface area contributed by atoms with E-state index in [0.717, 1.165) is 12.5 Å². The number of hydrogen-bond donors (Lipinski definition) is 2.